The van der Waals surface area contributed by atoms with Crippen molar-refractivity contribution in [3.63, 3.8) is 0 Å². The Balaban J connectivity index is 2.33. The van der Waals surface area contributed by atoms with Gasteiger partial charge in [-0.2, -0.15) is 0 Å². The van der Waals surface area contributed by atoms with Gasteiger partial charge in [0.25, 0.3) is 5.69 Å². The Labute approximate surface area is 129 Å². The van der Waals surface area contributed by atoms with Gasteiger partial charge in [0.05, 0.1) is 10.6 Å². The van der Waals surface area contributed by atoms with E-state index >= 15 is 0 Å². The van der Waals surface area contributed by atoms with Crippen molar-refractivity contribution in [2.75, 3.05) is 5.32 Å². The van der Waals surface area contributed by atoms with E-state index in [2.05, 4.69) is 5.32 Å². The van der Waals surface area contributed by atoms with E-state index in [9.17, 15) is 10.1 Å². The Morgan fingerprint density at radius 2 is 1.86 bits per heavy atom. The van der Waals surface area contributed by atoms with Crippen LogP contribution in [0.15, 0.2) is 36.4 Å². The van der Waals surface area contributed by atoms with Gasteiger partial charge in [0.15, 0.2) is 0 Å². The molecule has 2 rings (SSSR count). The topological polar surface area (TPSA) is 79.0 Å². The maximum atomic E-state index is 10.9. The highest BCUT2D eigenvalue weighted by molar-refractivity contribution is 6.01. The second-order valence-corrected chi connectivity index (χ2v) is 5.34. The smallest absolute Gasteiger partial charge is 0.271 e. The number of nitro groups is 1. The van der Waals surface area contributed by atoms with E-state index in [0.717, 1.165) is 0 Å². The molecular formula is C17H19N3O2. The van der Waals surface area contributed by atoms with E-state index in [4.69, 9.17) is 5.41 Å². The standard InChI is InChI=1S/C17H19N3O2/c1-11-5-4-6-12(2)16(11)10-19-17-9-14(20(21)22)7-8-15(17)13(3)18/h4-9,18-19H,10H2,1-3H3. The average molecular weight is 297 g/mol. The van der Waals surface area contributed by atoms with E-state index in [-0.39, 0.29) is 5.69 Å². The summed E-state index contributed by atoms with van der Waals surface area (Å²) >= 11 is 0. The van der Waals surface area contributed by atoms with E-state index in [0.29, 0.717) is 23.5 Å². The number of aryl methyl sites for hydroxylation is 2. The first-order chi connectivity index (χ1) is 10.4. The summed E-state index contributed by atoms with van der Waals surface area (Å²) in [5.41, 5.74) is 5.20. The van der Waals surface area contributed by atoms with Crippen molar-refractivity contribution in [1.29, 1.82) is 5.41 Å². The Bertz CT molecular complexity index is 718. The molecule has 0 spiro atoms. The molecule has 2 N–H and O–H groups in total. The molecule has 0 aliphatic rings. The van der Waals surface area contributed by atoms with Crippen molar-refractivity contribution in [2.45, 2.75) is 27.3 Å². The molecule has 0 atom stereocenters. The zero-order valence-electron chi connectivity index (χ0n) is 12.9. The highest BCUT2D eigenvalue weighted by Crippen LogP contribution is 2.24. The zero-order valence-corrected chi connectivity index (χ0v) is 12.9. The number of nitrogens with zero attached hydrogens (tertiary/aromatic N) is 1. The number of rotatable bonds is 5. The third-order valence-electron chi connectivity index (χ3n) is 3.72. The van der Waals surface area contributed by atoms with Crippen LogP contribution in [-0.4, -0.2) is 10.6 Å². The van der Waals surface area contributed by atoms with Crippen molar-refractivity contribution in [3.8, 4) is 0 Å². The largest absolute Gasteiger partial charge is 0.380 e. The quantitative estimate of drug-likeness (QED) is 0.493. The maximum absolute atomic E-state index is 10.9. The van der Waals surface area contributed by atoms with Crippen molar-refractivity contribution >= 4 is 17.1 Å². The number of hydrogen-bond donors (Lipinski definition) is 2. The molecular weight excluding hydrogens is 278 g/mol. The highest BCUT2D eigenvalue weighted by atomic mass is 16.6. The fraction of sp³-hybridized carbons (Fsp3) is 0.235. The van der Waals surface area contributed by atoms with Gasteiger partial charge in [0, 0.05) is 30.0 Å². The minimum atomic E-state index is -0.423. The Hall–Kier alpha value is -2.69. The van der Waals surface area contributed by atoms with Gasteiger partial charge < -0.3 is 10.7 Å². The van der Waals surface area contributed by atoms with E-state index in [1.165, 1.54) is 28.8 Å². The van der Waals surface area contributed by atoms with Gasteiger partial charge in [-0.25, -0.2) is 0 Å². The summed E-state index contributed by atoms with van der Waals surface area (Å²) in [6.07, 6.45) is 0. The molecule has 5 heteroatoms. The molecule has 2 aromatic rings. The summed E-state index contributed by atoms with van der Waals surface area (Å²) in [5, 5.41) is 22.0. The minimum Gasteiger partial charge on any atom is -0.380 e. The van der Waals surface area contributed by atoms with Crippen LogP contribution >= 0.6 is 0 Å². The van der Waals surface area contributed by atoms with Crippen LogP contribution in [0.25, 0.3) is 0 Å². The lowest BCUT2D eigenvalue weighted by Gasteiger charge is -2.14. The van der Waals surface area contributed by atoms with Crippen LogP contribution in [0.3, 0.4) is 0 Å². The number of nitrogens with one attached hydrogen (secondary N) is 2. The summed E-state index contributed by atoms with van der Waals surface area (Å²) in [6, 6.07) is 10.6. The molecule has 5 nitrogen and oxygen atoms in total. The van der Waals surface area contributed by atoms with Crippen LogP contribution < -0.4 is 5.32 Å². The van der Waals surface area contributed by atoms with Crippen molar-refractivity contribution in [3.05, 3.63) is 68.8 Å². The molecule has 0 unspecified atom stereocenters. The molecule has 22 heavy (non-hydrogen) atoms. The molecule has 0 saturated carbocycles. The SMILES string of the molecule is CC(=N)c1ccc([N+](=O)[O-])cc1NCc1c(C)cccc1C. The van der Waals surface area contributed by atoms with Gasteiger partial charge in [0.2, 0.25) is 0 Å². The van der Waals surface area contributed by atoms with Crippen LogP contribution in [-0.2, 0) is 6.54 Å². The summed E-state index contributed by atoms with van der Waals surface area (Å²) < 4.78 is 0. The molecule has 114 valence electrons. The van der Waals surface area contributed by atoms with Gasteiger partial charge in [-0.05, 0) is 43.5 Å². The molecule has 0 aliphatic carbocycles. The van der Waals surface area contributed by atoms with Gasteiger partial charge in [-0.1, -0.05) is 18.2 Å². The second-order valence-electron chi connectivity index (χ2n) is 5.34. The molecule has 0 saturated heterocycles. The summed E-state index contributed by atoms with van der Waals surface area (Å²) in [4.78, 5) is 10.5. The molecule has 0 aliphatic heterocycles. The number of nitro benzene ring substituents is 1. The Morgan fingerprint density at radius 3 is 2.41 bits per heavy atom. The number of non-ortho nitro benzene ring substituents is 1. The van der Waals surface area contributed by atoms with E-state index in [1.807, 2.05) is 32.0 Å². The third kappa shape index (κ3) is 3.31. The van der Waals surface area contributed by atoms with Gasteiger partial charge in [0.1, 0.15) is 0 Å². The van der Waals surface area contributed by atoms with Crippen molar-refractivity contribution < 1.29 is 4.92 Å². The molecule has 0 bridgehead atoms. The van der Waals surface area contributed by atoms with Crippen molar-refractivity contribution in [2.24, 2.45) is 0 Å². The Kier molecular flexibility index (Phi) is 4.56. The monoisotopic (exact) mass is 297 g/mol. The van der Waals surface area contributed by atoms with E-state index < -0.39 is 4.92 Å². The molecule has 0 radical (unpaired) electrons. The lowest BCUT2D eigenvalue weighted by atomic mass is 10.0. The van der Waals surface area contributed by atoms with Gasteiger partial charge in [-0.3, -0.25) is 10.1 Å². The number of hydrogen-bond acceptors (Lipinski definition) is 4. The number of anilines is 1. The minimum absolute atomic E-state index is 0.0222. The van der Waals surface area contributed by atoms with Gasteiger partial charge in [-0.15, -0.1) is 0 Å². The first-order valence-corrected chi connectivity index (χ1v) is 7.03. The van der Waals surface area contributed by atoms with Gasteiger partial charge >= 0.3 is 0 Å². The van der Waals surface area contributed by atoms with Crippen LogP contribution in [0.5, 0.6) is 0 Å². The lowest BCUT2D eigenvalue weighted by molar-refractivity contribution is -0.384. The predicted octanol–water partition coefficient (Wildman–Crippen LogP) is 4.21. The summed E-state index contributed by atoms with van der Waals surface area (Å²) in [6.45, 7) is 6.33. The molecule has 2 aromatic carbocycles. The summed E-state index contributed by atoms with van der Waals surface area (Å²) in [5.74, 6) is 0. The molecule has 0 heterocycles. The normalized spacial score (nSPS) is 10.3. The first kappa shape index (κ1) is 15.7. The highest BCUT2D eigenvalue weighted by Gasteiger charge is 2.12. The predicted molar refractivity (Wildman–Crippen MR) is 88.8 cm³/mol. The Morgan fingerprint density at radius 1 is 1.23 bits per heavy atom. The lowest BCUT2D eigenvalue weighted by Crippen LogP contribution is -2.08. The second kappa shape index (κ2) is 6.39. The molecule has 0 aromatic heterocycles. The number of benzene rings is 2. The molecule has 0 fully saturated rings. The zero-order chi connectivity index (χ0) is 16.3. The first-order valence-electron chi connectivity index (χ1n) is 7.03. The van der Waals surface area contributed by atoms with E-state index in [1.54, 1.807) is 13.0 Å². The molecule has 0 amide bonds. The van der Waals surface area contributed by atoms with Crippen LogP contribution in [0.2, 0.25) is 0 Å². The maximum Gasteiger partial charge on any atom is 0.271 e. The fourth-order valence-electron chi connectivity index (χ4n) is 2.43. The van der Waals surface area contributed by atoms with Crippen molar-refractivity contribution in [1.82, 2.24) is 0 Å². The average Bonchev–Trinajstić information content (AvgIpc) is 2.46. The van der Waals surface area contributed by atoms with Crippen LogP contribution in [0, 0.1) is 29.4 Å². The summed E-state index contributed by atoms with van der Waals surface area (Å²) in [7, 11) is 0. The van der Waals surface area contributed by atoms with Crippen LogP contribution in [0.4, 0.5) is 11.4 Å². The third-order valence-corrected chi connectivity index (χ3v) is 3.72. The fourth-order valence-corrected chi connectivity index (χ4v) is 2.43. The van der Waals surface area contributed by atoms with Crippen LogP contribution in [0.1, 0.15) is 29.2 Å².